The third kappa shape index (κ3) is 2.89. The van der Waals surface area contributed by atoms with Gasteiger partial charge in [0.15, 0.2) is 0 Å². The number of hydrogen-bond donors (Lipinski definition) is 1. The molecule has 20 heavy (non-hydrogen) atoms. The van der Waals surface area contributed by atoms with E-state index in [4.69, 9.17) is 5.26 Å². The zero-order valence-electron chi connectivity index (χ0n) is 11.2. The Morgan fingerprint density at radius 2 is 1.95 bits per heavy atom. The van der Waals surface area contributed by atoms with Crippen LogP contribution >= 0.6 is 15.9 Å². The number of amides is 1. The zero-order chi connectivity index (χ0) is 14.7. The minimum absolute atomic E-state index is 0.220. The molecule has 100 valence electrons. The molecule has 2 aromatic rings. The first-order valence-corrected chi connectivity index (χ1v) is 6.89. The largest absolute Gasteiger partial charge is 0.321 e. The summed E-state index contributed by atoms with van der Waals surface area (Å²) in [5.41, 5.74) is 3.43. The van der Waals surface area contributed by atoms with E-state index in [2.05, 4.69) is 27.3 Å². The second kappa shape index (κ2) is 5.89. The van der Waals surface area contributed by atoms with Crippen LogP contribution in [0.5, 0.6) is 0 Å². The van der Waals surface area contributed by atoms with Crippen LogP contribution in [0, 0.1) is 25.2 Å². The van der Waals surface area contributed by atoms with Gasteiger partial charge in [-0.3, -0.25) is 4.79 Å². The third-order valence-electron chi connectivity index (χ3n) is 3.05. The van der Waals surface area contributed by atoms with E-state index in [9.17, 15) is 4.79 Å². The monoisotopic (exact) mass is 328 g/mol. The lowest BCUT2D eigenvalue weighted by molar-refractivity contribution is 0.102. The minimum Gasteiger partial charge on any atom is -0.321 e. The van der Waals surface area contributed by atoms with Gasteiger partial charge < -0.3 is 5.32 Å². The van der Waals surface area contributed by atoms with E-state index in [1.165, 1.54) is 0 Å². The average molecular weight is 329 g/mol. The molecule has 0 spiro atoms. The summed E-state index contributed by atoms with van der Waals surface area (Å²) in [4.78, 5) is 12.2. The standard InChI is InChI=1S/C16H13BrN2O/c1-10-4-3-5-15(13(10)9-18)19-16(20)12-6-7-14(17)11(2)8-12/h3-8H,1-2H3,(H,19,20). The quantitative estimate of drug-likeness (QED) is 0.898. The SMILES string of the molecule is Cc1cc(C(=O)Nc2cccc(C)c2C#N)ccc1Br. The van der Waals surface area contributed by atoms with Gasteiger partial charge in [0.25, 0.3) is 5.91 Å². The molecule has 0 aliphatic carbocycles. The maximum Gasteiger partial charge on any atom is 0.255 e. The molecule has 3 nitrogen and oxygen atoms in total. The molecule has 0 unspecified atom stereocenters. The highest BCUT2D eigenvalue weighted by atomic mass is 79.9. The molecule has 0 aliphatic rings. The maximum atomic E-state index is 12.2. The Morgan fingerprint density at radius 1 is 1.20 bits per heavy atom. The average Bonchev–Trinajstić information content (AvgIpc) is 2.42. The van der Waals surface area contributed by atoms with Gasteiger partial charge in [0.05, 0.1) is 11.3 Å². The molecule has 2 rings (SSSR count). The molecule has 1 amide bonds. The van der Waals surface area contributed by atoms with Crippen LogP contribution in [0.4, 0.5) is 5.69 Å². The number of carbonyl (C=O) groups is 1. The van der Waals surface area contributed by atoms with E-state index in [1.807, 2.05) is 32.0 Å². The molecule has 0 aromatic heterocycles. The molecule has 0 heterocycles. The van der Waals surface area contributed by atoms with Gasteiger partial charge in [0.1, 0.15) is 6.07 Å². The molecule has 4 heteroatoms. The van der Waals surface area contributed by atoms with Crippen molar-refractivity contribution in [3.05, 3.63) is 63.1 Å². The molecule has 0 atom stereocenters. The number of nitrogens with zero attached hydrogens (tertiary/aromatic N) is 1. The lowest BCUT2D eigenvalue weighted by atomic mass is 10.1. The summed E-state index contributed by atoms with van der Waals surface area (Å²) in [7, 11) is 0. The molecule has 0 bridgehead atoms. The third-order valence-corrected chi connectivity index (χ3v) is 3.94. The Hall–Kier alpha value is -2.12. The summed E-state index contributed by atoms with van der Waals surface area (Å²) in [5, 5.41) is 11.9. The number of nitriles is 1. The number of rotatable bonds is 2. The lowest BCUT2D eigenvalue weighted by Crippen LogP contribution is -2.13. The Balaban J connectivity index is 2.31. The zero-order valence-corrected chi connectivity index (χ0v) is 12.8. The van der Waals surface area contributed by atoms with Gasteiger partial charge in [-0.25, -0.2) is 0 Å². The highest BCUT2D eigenvalue weighted by molar-refractivity contribution is 9.10. The Morgan fingerprint density at radius 3 is 2.60 bits per heavy atom. The lowest BCUT2D eigenvalue weighted by Gasteiger charge is -2.09. The molecule has 1 N–H and O–H groups in total. The topological polar surface area (TPSA) is 52.9 Å². The minimum atomic E-state index is -0.220. The van der Waals surface area contributed by atoms with Gasteiger partial charge in [-0.1, -0.05) is 28.1 Å². The van der Waals surface area contributed by atoms with E-state index in [0.29, 0.717) is 16.8 Å². The number of nitrogens with one attached hydrogen (secondary N) is 1. The molecular weight excluding hydrogens is 316 g/mol. The van der Waals surface area contributed by atoms with Crippen LogP contribution in [0.2, 0.25) is 0 Å². The fourth-order valence-electron chi connectivity index (χ4n) is 1.90. The van der Waals surface area contributed by atoms with Crippen LogP contribution in [-0.4, -0.2) is 5.91 Å². The maximum absolute atomic E-state index is 12.2. The van der Waals surface area contributed by atoms with Crippen LogP contribution in [0.1, 0.15) is 27.0 Å². The van der Waals surface area contributed by atoms with Crippen molar-refractivity contribution in [2.75, 3.05) is 5.32 Å². The number of halogens is 1. The van der Waals surface area contributed by atoms with Crippen molar-refractivity contribution in [1.82, 2.24) is 0 Å². The van der Waals surface area contributed by atoms with Gasteiger partial charge in [-0.15, -0.1) is 0 Å². The Labute approximate surface area is 126 Å². The van der Waals surface area contributed by atoms with Crippen LogP contribution in [-0.2, 0) is 0 Å². The van der Waals surface area contributed by atoms with E-state index in [1.54, 1.807) is 18.2 Å². The summed E-state index contributed by atoms with van der Waals surface area (Å²) in [6.45, 7) is 3.77. The summed E-state index contributed by atoms with van der Waals surface area (Å²) in [6.07, 6.45) is 0. The molecular formula is C16H13BrN2O. The van der Waals surface area contributed by atoms with Crippen LogP contribution in [0.3, 0.4) is 0 Å². The van der Waals surface area contributed by atoms with Crippen molar-refractivity contribution < 1.29 is 4.79 Å². The normalized spacial score (nSPS) is 9.90. The van der Waals surface area contributed by atoms with Crippen molar-refractivity contribution in [2.24, 2.45) is 0 Å². The van der Waals surface area contributed by atoms with Crippen molar-refractivity contribution >= 4 is 27.5 Å². The van der Waals surface area contributed by atoms with Crippen LogP contribution in [0.25, 0.3) is 0 Å². The van der Waals surface area contributed by atoms with E-state index >= 15 is 0 Å². The number of benzene rings is 2. The van der Waals surface area contributed by atoms with Crippen LogP contribution < -0.4 is 5.32 Å². The number of anilines is 1. The summed E-state index contributed by atoms with van der Waals surface area (Å²) in [6, 6.07) is 12.9. The highest BCUT2D eigenvalue weighted by Crippen LogP contribution is 2.21. The first-order valence-electron chi connectivity index (χ1n) is 6.10. The number of aryl methyl sites for hydroxylation is 2. The molecule has 0 saturated carbocycles. The van der Waals surface area contributed by atoms with Gasteiger partial charge in [-0.05, 0) is 49.2 Å². The van der Waals surface area contributed by atoms with Crippen molar-refractivity contribution in [2.45, 2.75) is 13.8 Å². The summed E-state index contributed by atoms with van der Waals surface area (Å²) < 4.78 is 0.960. The van der Waals surface area contributed by atoms with E-state index < -0.39 is 0 Å². The second-order valence-electron chi connectivity index (χ2n) is 4.53. The molecule has 0 radical (unpaired) electrons. The number of carbonyl (C=O) groups excluding carboxylic acids is 1. The predicted octanol–water partition coefficient (Wildman–Crippen LogP) is 4.19. The van der Waals surface area contributed by atoms with Gasteiger partial charge in [-0.2, -0.15) is 5.26 Å². The van der Waals surface area contributed by atoms with E-state index in [-0.39, 0.29) is 5.91 Å². The highest BCUT2D eigenvalue weighted by Gasteiger charge is 2.11. The van der Waals surface area contributed by atoms with Crippen LogP contribution in [0.15, 0.2) is 40.9 Å². The summed E-state index contributed by atoms with van der Waals surface area (Å²) in [5.74, 6) is -0.220. The smallest absolute Gasteiger partial charge is 0.255 e. The molecule has 0 fully saturated rings. The first-order chi connectivity index (χ1) is 9.52. The Kier molecular flexibility index (Phi) is 4.21. The van der Waals surface area contributed by atoms with Crippen molar-refractivity contribution in [3.8, 4) is 6.07 Å². The van der Waals surface area contributed by atoms with Crippen molar-refractivity contribution in [3.63, 3.8) is 0 Å². The van der Waals surface area contributed by atoms with Gasteiger partial charge in [0, 0.05) is 10.0 Å². The fraction of sp³-hybridized carbons (Fsp3) is 0.125. The predicted molar refractivity (Wildman–Crippen MR) is 82.7 cm³/mol. The van der Waals surface area contributed by atoms with Crippen molar-refractivity contribution in [1.29, 1.82) is 5.26 Å². The number of hydrogen-bond acceptors (Lipinski definition) is 2. The molecule has 2 aromatic carbocycles. The van der Waals surface area contributed by atoms with Gasteiger partial charge in [0.2, 0.25) is 0 Å². The molecule has 0 aliphatic heterocycles. The second-order valence-corrected chi connectivity index (χ2v) is 5.38. The first kappa shape index (κ1) is 14.3. The Bertz CT molecular complexity index is 717. The van der Waals surface area contributed by atoms with E-state index in [0.717, 1.165) is 15.6 Å². The van der Waals surface area contributed by atoms with Gasteiger partial charge >= 0.3 is 0 Å². The fourth-order valence-corrected chi connectivity index (χ4v) is 2.15. The summed E-state index contributed by atoms with van der Waals surface area (Å²) >= 11 is 3.40. The molecule has 0 saturated heterocycles.